The highest BCUT2D eigenvalue weighted by Gasteiger charge is 2.24. The number of hydrogen-bond donors (Lipinski definition) is 3. The summed E-state index contributed by atoms with van der Waals surface area (Å²) in [5.74, 6) is -0.503. The van der Waals surface area contributed by atoms with Crippen LogP contribution in [0.5, 0.6) is 0 Å². The summed E-state index contributed by atoms with van der Waals surface area (Å²) >= 11 is 0. The summed E-state index contributed by atoms with van der Waals surface area (Å²) in [6, 6.07) is -0.709. The zero-order valence-corrected chi connectivity index (χ0v) is 41.5. The van der Waals surface area contributed by atoms with Gasteiger partial charge in [0, 0.05) is 6.42 Å². The molecular formula is C56H105NO5. The Morgan fingerprint density at radius 1 is 0.484 bits per heavy atom. The number of unbranched alkanes of at least 4 members (excludes halogenated alkanes) is 31. The van der Waals surface area contributed by atoms with E-state index >= 15 is 0 Å². The molecule has 364 valence electrons. The summed E-state index contributed by atoms with van der Waals surface area (Å²) < 4.78 is 5.92. The minimum atomic E-state index is -0.794. The molecule has 0 aliphatic rings. The van der Waals surface area contributed by atoms with Crippen LogP contribution in [-0.2, 0) is 14.3 Å². The third-order valence-corrected chi connectivity index (χ3v) is 12.5. The van der Waals surface area contributed by atoms with Crippen molar-refractivity contribution in [2.75, 3.05) is 6.61 Å². The standard InChI is InChI=1S/C56H105NO5/c1-4-7-10-13-16-19-22-25-27-28-29-30-33-36-39-42-45-48-54(59)53(51-58)57-55(60)50-52(47-44-41-38-35-32-24-21-18-15-12-9-6-3)62-56(61)49-46-43-40-37-34-31-26-23-20-17-14-11-8-5-2/h8,11,17,20,35,38,52-54,58-59H,4-7,9-10,12-16,18-19,21-34,36-37,39-51H2,1-3H3,(H,57,60)/b11-8+,20-17+,38-35-. The van der Waals surface area contributed by atoms with Crippen LogP contribution < -0.4 is 5.32 Å². The molecule has 6 nitrogen and oxygen atoms in total. The highest BCUT2D eigenvalue weighted by molar-refractivity contribution is 5.77. The van der Waals surface area contributed by atoms with Gasteiger partial charge in [-0.3, -0.25) is 9.59 Å². The Morgan fingerprint density at radius 3 is 1.35 bits per heavy atom. The molecule has 0 aliphatic carbocycles. The first-order valence-electron chi connectivity index (χ1n) is 27.2. The van der Waals surface area contributed by atoms with Gasteiger partial charge in [0.2, 0.25) is 5.91 Å². The predicted molar refractivity (Wildman–Crippen MR) is 269 cm³/mol. The van der Waals surface area contributed by atoms with Crippen LogP contribution in [0.25, 0.3) is 0 Å². The molecule has 3 atom stereocenters. The van der Waals surface area contributed by atoms with Gasteiger partial charge in [-0.25, -0.2) is 0 Å². The Balaban J connectivity index is 4.50. The lowest BCUT2D eigenvalue weighted by Gasteiger charge is -2.24. The molecule has 0 aliphatic heterocycles. The van der Waals surface area contributed by atoms with Crippen molar-refractivity contribution in [3.05, 3.63) is 36.5 Å². The van der Waals surface area contributed by atoms with Gasteiger partial charge in [0.1, 0.15) is 6.10 Å². The number of hydrogen-bond acceptors (Lipinski definition) is 5. The number of aliphatic hydroxyl groups is 2. The molecule has 0 spiro atoms. The molecule has 0 aromatic heterocycles. The van der Waals surface area contributed by atoms with E-state index in [0.717, 1.165) is 77.0 Å². The topological polar surface area (TPSA) is 95.9 Å². The second kappa shape index (κ2) is 50.1. The highest BCUT2D eigenvalue weighted by Crippen LogP contribution is 2.18. The molecule has 0 aromatic carbocycles. The smallest absolute Gasteiger partial charge is 0.306 e. The molecule has 0 fully saturated rings. The lowest BCUT2D eigenvalue weighted by atomic mass is 10.0. The van der Waals surface area contributed by atoms with Crippen LogP contribution in [0, 0.1) is 0 Å². The van der Waals surface area contributed by atoms with Crippen molar-refractivity contribution >= 4 is 11.9 Å². The van der Waals surface area contributed by atoms with Crippen LogP contribution in [0.15, 0.2) is 36.5 Å². The summed E-state index contributed by atoms with van der Waals surface area (Å²) in [6.45, 7) is 6.39. The van der Waals surface area contributed by atoms with E-state index in [4.69, 9.17) is 4.74 Å². The molecule has 0 bridgehead atoms. The maximum absolute atomic E-state index is 13.2. The second-order valence-electron chi connectivity index (χ2n) is 18.6. The number of amides is 1. The van der Waals surface area contributed by atoms with Gasteiger partial charge in [-0.1, -0.05) is 237 Å². The predicted octanol–water partition coefficient (Wildman–Crippen LogP) is 16.5. The van der Waals surface area contributed by atoms with E-state index in [1.54, 1.807) is 0 Å². The van der Waals surface area contributed by atoms with Crippen LogP contribution in [0.1, 0.15) is 284 Å². The number of aliphatic hydroxyl groups excluding tert-OH is 2. The van der Waals surface area contributed by atoms with Gasteiger partial charge >= 0.3 is 5.97 Å². The molecule has 6 heteroatoms. The van der Waals surface area contributed by atoms with E-state index in [2.05, 4.69) is 62.5 Å². The van der Waals surface area contributed by atoms with E-state index in [0.29, 0.717) is 19.3 Å². The van der Waals surface area contributed by atoms with Gasteiger partial charge in [-0.05, 0) is 70.6 Å². The fourth-order valence-corrected chi connectivity index (χ4v) is 8.35. The molecule has 3 N–H and O–H groups in total. The van der Waals surface area contributed by atoms with Gasteiger partial charge < -0.3 is 20.3 Å². The Kier molecular flexibility index (Phi) is 48.5. The Labute approximate surface area is 385 Å². The van der Waals surface area contributed by atoms with Crippen LogP contribution in [0.2, 0.25) is 0 Å². The fraction of sp³-hybridized carbons (Fsp3) is 0.857. The van der Waals surface area contributed by atoms with Gasteiger partial charge in [0.25, 0.3) is 0 Å². The quantitative estimate of drug-likeness (QED) is 0.0321. The Bertz CT molecular complexity index is 1020. The fourth-order valence-electron chi connectivity index (χ4n) is 8.35. The summed E-state index contributed by atoms with van der Waals surface area (Å²) in [5.41, 5.74) is 0. The second-order valence-corrected chi connectivity index (χ2v) is 18.6. The van der Waals surface area contributed by atoms with Crippen LogP contribution in [0.3, 0.4) is 0 Å². The molecule has 0 radical (unpaired) electrons. The summed E-state index contributed by atoms with van der Waals surface area (Å²) in [6.07, 6.45) is 59.3. The SMILES string of the molecule is CC/C=C/C/C=C/CCCCCCCCCC(=O)OC(CCC/C=C\CCCCCCCCC)CC(=O)NC(CO)C(O)CCCCCCCCCCCCCCCCCCC. The largest absolute Gasteiger partial charge is 0.462 e. The monoisotopic (exact) mass is 872 g/mol. The Hall–Kier alpha value is -1.92. The lowest BCUT2D eigenvalue weighted by molar-refractivity contribution is -0.151. The van der Waals surface area contributed by atoms with E-state index in [-0.39, 0.29) is 24.9 Å². The van der Waals surface area contributed by atoms with Gasteiger partial charge in [-0.15, -0.1) is 0 Å². The van der Waals surface area contributed by atoms with E-state index in [1.807, 2.05) is 0 Å². The third kappa shape index (κ3) is 44.7. The average Bonchev–Trinajstić information content (AvgIpc) is 3.26. The molecule has 0 heterocycles. The van der Waals surface area contributed by atoms with Gasteiger partial charge in [0.15, 0.2) is 0 Å². The zero-order valence-electron chi connectivity index (χ0n) is 41.5. The minimum Gasteiger partial charge on any atom is -0.462 e. The molecular weight excluding hydrogens is 767 g/mol. The van der Waals surface area contributed by atoms with Crippen molar-refractivity contribution in [1.82, 2.24) is 5.32 Å². The molecule has 0 saturated carbocycles. The van der Waals surface area contributed by atoms with Crippen molar-refractivity contribution in [2.24, 2.45) is 0 Å². The third-order valence-electron chi connectivity index (χ3n) is 12.5. The van der Waals surface area contributed by atoms with Crippen molar-refractivity contribution in [3.63, 3.8) is 0 Å². The minimum absolute atomic E-state index is 0.0560. The first-order valence-corrected chi connectivity index (χ1v) is 27.2. The van der Waals surface area contributed by atoms with Crippen LogP contribution in [0.4, 0.5) is 0 Å². The normalized spacial score (nSPS) is 13.4. The van der Waals surface area contributed by atoms with E-state index in [1.165, 1.54) is 161 Å². The highest BCUT2D eigenvalue weighted by atomic mass is 16.5. The van der Waals surface area contributed by atoms with E-state index < -0.39 is 18.2 Å². The lowest BCUT2D eigenvalue weighted by Crippen LogP contribution is -2.46. The van der Waals surface area contributed by atoms with Gasteiger partial charge in [-0.2, -0.15) is 0 Å². The van der Waals surface area contributed by atoms with Crippen molar-refractivity contribution < 1.29 is 24.5 Å². The average molecular weight is 872 g/mol. The summed E-state index contributed by atoms with van der Waals surface area (Å²) in [7, 11) is 0. The number of rotatable bonds is 49. The number of nitrogens with one attached hydrogen (secondary N) is 1. The van der Waals surface area contributed by atoms with Crippen molar-refractivity contribution in [1.29, 1.82) is 0 Å². The number of ether oxygens (including phenoxy) is 1. The maximum Gasteiger partial charge on any atom is 0.306 e. The Morgan fingerprint density at radius 2 is 0.887 bits per heavy atom. The number of carbonyl (C=O) groups is 2. The van der Waals surface area contributed by atoms with Crippen LogP contribution >= 0.6 is 0 Å². The molecule has 62 heavy (non-hydrogen) atoms. The van der Waals surface area contributed by atoms with E-state index in [9.17, 15) is 19.8 Å². The molecule has 1 amide bonds. The van der Waals surface area contributed by atoms with Crippen molar-refractivity contribution in [3.8, 4) is 0 Å². The number of allylic oxidation sites excluding steroid dienone is 6. The van der Waals surface area contributed by atoms with Crippen LogP contribution in [-0.4, -0.2) is 46.9 Å². The molecule has 0 aromatic rings. The zero-order chi connectivity index (χ0) is 45.2. The number of carbonyl (C=O) groups excluding carboxylic acids is 2. The maximum atomic E-state index is 13.2. The summed E-state index contributed by atoms with van der Waals surface area (Å²) in [4.78, 5) is 26.1. The molecule has 0 saturated heterocycles. The van der Waals surface area contributed by atoms with Gasteiger partial charge in [0.05, 0.1) is 25.2 Å². The molecule has 0 rings (SSSR count). The molecule has 3 unspecified atom stereocenters. The number of esters is 1. The first kappa shape index (κ1) is 60.1. The summed E-state index contributed by atoms with van der Waals surface area (Å²) in [5, 5.41) is 23.8. The first-order chi connectivity index (χ1) is 30.5. The van der Waals surface area contributed by atoms with Crippen molar-refractivity contribution in [2.45, 2.75) is 302 Å².